The minimum Gasteiger partial charge on any atom is -0.312 e. The van der Waals surface area contributed by atoms with Crippen LogP contribution < -0.4 is 5.32 Å². The average molecular weight is 297 g/mol. The maximum Gasteiger partial charge on any atom is 0.188 e. The number of aromatic nitrogens is 3. The normalized spacial score (nSPS) is 11.2. The van der Waals surface area contributed by atoms with E-state index < -0.39 is 0 Å². The van der Waals surface area contributed by atoms with Crippen LogP contribution in [0, 0.1) is 5.92 Å². The predicted octanol–water partition coefficient (Wildman–Crippen LogP) is 3.35. The lowest BCUT2D eigenvalue weighted by Gasteiger charge is -2.12. The number of hydrogen-bond donors (Lipinski definition) is 2. The second-order valence-corrected chi connectivity index (χ2v) is 6.07. The van der Waals surface area contributed by atoms with Gasteiger partial charge >= 0.3 is 0 Å². The lowest BCUT2D eigenvalue weighted by Crippen LogP contribution is -2.19. The van der Waals surface area contributed by atoms with Gasteiger partial charge < -0.3 is 5.32 Å². The van der Waals surface area contributed by atoms with Gasteiger partial charge in [0.2, 0.25) is 0 Å². The molecule has 2 aromatic rings. The molecular formula is C13H17ClN4S. The van der Waals surface area contributed by atoms with Gasteiger partial charge in [0.15, 0.2) is 5.16 Å². The summed E-state index contributed by atoms with van der Waals surface area (Å²) in [6.07, 6.45) is 1.50. The number of halogens is 1. The standard InChI is InChI=1S/C13H17ClN4S/c1-9(2)6-15-7-10-11(14)4-3-5-12(10)19-13-16-8-17-18-13/h3-5,8-9,15H,6-7H2,1-2H3,(H,16,17,18). The maximum absolute atomic E-state index is 6.29. The molecule has 0 spiro atoms. The van der Waals surface area contributed by atoms with E-state index in [0.29, 0.717) is 5.92 Å². The van der Waals surface area contributed by atoms with Crippen molar-refractivity contribution in [2.45, 2.75) is 30.4 Å². The summed E-state index contributed by atoms with van der Waals surface area (Å²) >= 11 is 7.83. The predicted molar refractivity (Wildman–Crippen MR) is 78.5 cm³/mol. The molecule has 1 aromatic heterocycles. The van der Waals surface area contributed by atoms with Crippen LogP contribution in [0.1, 0.15) is 19.4 Å². The van der Waals surface area contributed by atoms with Crippen LogP contribution in [0.2, 0.25) is 5.02 Å². The van der Waals surface area contributed by atoms with E-state index >= 15 is 0 Å². The zero-order valence-corrected chi connectivity index (χ0v) is 12.6. The van der Waals surface area contributed by atoms with Crippen molar-refractivity contribution in [3.63, 3.8) is 0 Å². The molecule has 0 atom stereocenters. The molecule has 0 saturated heterocycles. The number of nitrogens with zero attached hydrogens (tertiary/aromatic N) is 2. The lowest BCUT2D eigenvalue weighted by molar-refractivity contribution is 0.550. The van der Waals surface area contributed by atoms with Crippen LogP contribution in [0.5, 0.6) is 0 Å². The van der Waals surface area contributed by atoms with E-state index in [0.717, 1.165) is 33.7 Å². The minimum absolute atomic E-state index is 0.618. The third kappa shape index (κ3) is 4.23. The Kier molecular flexibility index (Phi) is 5.24. The van der Waals surface area contributed by atoms with Crippen molar-refractivity contribution < 1.29 is 0 Å². The van der Waals surface area contributed by atoms with Gasteiger partial charge in [0.05, 0.1) is 0 Å². The molecule has 0 aliphatic carbocycles. The lowest BCUT2D eigenvalue weighted by atomic mass is 10.2. The van der Waals surface area contributed by atoms with E-state index in [2.05, 4.69) is 34.3 Å². The molecule has 0 fully saturated rings. The number of nitrogens with one attached hydrogen (secondary N) is 2. The SMILES string of the molecule is CC(C)CNCc1c(Cl)cccc1Sc1ncn[nH]1. The van der Waals surface area contributed by atoms with Gasteiger partial charge in [0.25, 0.3) is 0 Å². The van der Waals surface area contributed by atoms with Crippen molar-refractivity contribution in [2.24, 2.45) is 5.92 Å². The molecule has 102 valence electrons. The van der Waals surface area contributed by atoms with Gasteiger partial charge in [0.1, 0.15) is 6.33 Å². The van der Waals surface area contributed by atoms with Crippen molar-refractivity contribution >= 4 is 23.4 Å². The summed E-state index contributed by atoms with van der Waals surface area (Å²) in [5, 5.41) is 11.7. The van der Waals surface area contributed by atoms with Crippen LogP contribution in [0.15, 0.2) is 34.6 Å². The summed E-state index contributed by atoms with van der Waals surface area (Å²) in [7, 11) is 0. The summed E-state index contributed by atoms with van der Waals surface area (Å²) in [5.74, 6) is 0.618. The molecule has 0 aliphatic rings. The van der Waals surface area contributed by atoms with Crippen LogP contribution in [-0.2, 0) is 6.54 Å². The second-order valence-electron chi connectivity index (χ2n) is 4.63. The Morgan fingerprint density at radius 3 is 2.95 bits per heavy atom. The third-order valence-electron chi connectivity index (χ3n) is 2.53. The molecule has 0 saturated carbocycles. The summed E-state index contributed by atoms with van der Waals surface area (Å²) < 4.78 is 0. The Balaban J connectivity index is 2.11. The largest absolute Gasteiger partial charge is 0.312 e. The molecule has 1 aromatic carbocycles. The van der Waals surface area contributed by atoms with E-state index in [1.165, 1.54) is 6.33 Å². The molecule has 2 rings (SSSR count). The van der Waals surface area contributed by atoms with E-state index in [1.54, 1.807) is 11.8 Å². The fourth-order valence-corrected chi connectivity index (χ4v) is 2.80. The topological polar surface area (TPSA) is 53.6 Å². The van der Waals surface area contributed by atoms with E-state index in [9.17, 15) is 0 Å². The number of H-pyrrole nitrogens is 1. The van der Waals surface area contributed by atoms with Crippen LogP contribution >= 0.6 is 23.4 Å². The zero-order valence-electron chi connectivity index (χ0n) is 11.0. The highest BCUT2D eigenvalue weighted by Crippen LogP contribution is 2.31. The monoisotopic (exact) mass is 296 g/mol. The molecule has 6 heteroatoms. The third-order valence-corrected chi connectivity index (χ3v) is 3.88. The molecule has 0 aliphatic heterocycles. The molecule has 0 unspecified atom stereocenters. The first-order valence-corrected chi connectivity index (χ1v) is 7.37. The summed E-state index contributed by atoms with van der Waals surface area (Å²) in [5.41, 5.74) is 1.10. The Morgan fingerprint density at radius 1 is 1.42 bits per heavy atom. The molecule has 1 heterocycles. The Labute approximate surface area is 122 Å². The highest BCUT2D eigenvalue weighted by molar-refractivity contribution is 7.99. The molecule has 2 N–H and O–H groups in total. The zero-order chi connectivity index (χ0) is 13.7. The highest BCUT2D eigenvalue weighted by Gasteiger charge is 2.10. The van der Waals surface area contributed by atoms with E-state index in [-0.39, 0.29) is 0 Å². The van der Waals surface area contributed by atoms with Crippen molar-refractivity contribution in [3.8, 4) is 0 Å². The fourth-order valence-electron chi connectivity index (χ4n) is 1.64. The van der Waals surface area contributed by atoms with Crippen LogP contribution in [-0.4, -0.2) is 21.7 Å². The maximum atomic E-state index is 6.29. The van der Waals surface area contributed by atoms with Gasteiger partial charge in [-0.25, -0.2) is 4.98 Å². The second kappa shape index (κ2) is 6.93. The molecule has 4 nitrogen and oxygen atoms in total. The molecule has 0 amide bonds. The Bertz CT molecular complexity index is 513. The van der Waals surface area contributed by atoms with Gasteiger partial charge in [-0.1, -0.05) is 31.5 Å². The average Bonchev–Trinajstić information content (AvgIpc) is 2.85. The van der Waals surface area contributed by atoms with Crippen LogP contribution in [0.25, 0.3) is 0 Å². The first kappa shape index (κ1) is 14.4. The van der Waals surface area contributed by atoms with Gasteiger partial charge in [-0.2, -0.15) is 5.10 Å². The molecule has 0 bridgehead atoms. The van der Waals surface area contributed by atoms with Gasteiger partial charge in [0, 0.05) is 16.5 Å². The minimum atomic E-state index is 0.618. The quantitative estimate of drug-likeness (QED) is 0.858. The van der Waals surface area contributed by atoms with Gasteiger partial charge in [-0.3, -0.25) is 5.10 Å². The Morgan fingerprint density at radius 2 is 2.26 bits per heavy atom. The number of aromatic amines is 1. The van der Waals surface area contributed by atoms with Crippen LogP contribution in [0.3, 0.4) is 0 Å². The first-order chi connectivity index (χ1) is 9.16. The molecular weight excluding hydrogens is 280 g/mol. The van der Waals surface area contributed by atoms with Crippen molar-refractivity contribution in [3.05, 3.63) is 35.1 Å². The van der Waals surface area contributed by atoms with Gasteiger partial charge in [-0.05, 0) is 41.9 Å². The fraction of sp³-hybridized carbons (Fsp3) is 0.385. The van der Waals surface area contributed by atoms with E-state index in [1.807, 2.05) is 18.2 Å². The number of benzene rings is 1. The summed E-state index contributed by atoms with van der Waals surface area (Å²) in [4.78, 5) is 5.22. The van der Waals surface area contributed by atoms with Crippen molar-refractivity contribution in [1.82, 2.24) is 20.5 Å². The summed E-state index contributed by atoms with van der Waals surface area (Å²) in [6, 6.07) is 5.91. The van der Waals surface area contributed by atoms with Gasteiger partial charge in [-0.15, -0.1) is 0 Å². The smallest absolute Gasteiger partial charge is 0.188 e. The number of hydrogen-bond acceptors (Lipinski definition) is 4. The summed E-state index contributed by atoms with van der Waals surface area (Å²) in [6.45, 7) is 6.10. The van der Waals surface area contributed by atoms with E-state index in [4.69, 9.17) is 11.6 Å². The first-order valence-electron chi connectivity index (χ1n) is 6.18. The molecule has 19 heavy (non-hydrogen) atoms. The Hall–Kier alpha value is -1.04. The van der Waals surface area contributed by atoms with Crippen molar-refractivity contribution in [1.29, 1.82) is 0 Å². The highest BCUT2D eigenvalue weighted by atomic mass is 35.5. The molecule has 0 radical (unpaired) electrons. The van der Waals surface area contributed by atoms with Crippen molar-refractivity contribution in [2.75, 3.05) is 6.54 Å². The van der Waals surface area contributed by atoms with Crippen LogP contribution in [0.4, 0.5) is 0 Å². The number of rotatable bonds is 6.